The summed E-state index contributed by atoms with van der Waals surface area (Å²) in [4.78, 5) is 31.8. The zero-order valence-corrected chi connectivity index (χ0v) is 19.0. The minimum atomic E-state index is -4.83. The van der Waals surface area contributed by atoms with Crippen LogP contribution in [0.15, 0.2) is 59.9 Å². The zero-order chi connectivity index (χ0) is 25.6. The molecule has 2 N–H and O–H groups in total. The van der Waals surface area contributed by atoms with Crippen molar-refractivity contribution in [3.8, 4) is 11.3 Å². The molecule has 0 fully saturated rings. The maximum Gasteiger partial charge on any atom is 0.412 e. The summed E-state index contributed by atoms with van der Waals surface area (Å²) >= 11 is 0. The molecule has 0 aliphatic carbocycles. The molecular formula is C25H18F4N6O. The Balaban J connectivity index is 1.80. The topological polar surface area (TPSA) is 96.5 Å². The molecule has 36 heavy (non-hydrogen) atoms. The van der Waals surface area contributed by atoms with E-state index < -0.39 is 23.6 Å². The molecule has 0 aliphatic rings. The van der Waals surface area contributed by atoms with Crippen LogP contribution in [0.1, 0.15) is 22.7 Å². The lowest BCUT2D eigenvalue weighted by Crippen LogP contribution is -2.30. The summed E-state index contributed by atoms with van der Waals surface area (Å²) in [5, 5.41) is 2.74. The monoisotopic (exact) mass is 494 g/mol. The number of alkyl halides is 3. The molecule has 0 bridgehead atoms. The van der Waals surface area contributed by atoms with Crippen LogP contribution in [0.5, 0.6) is 0 Å². The lowest BCUT2D eigenvalue weighted by Gasteiger charge is -2.25. The summed E-state index contributed by atoms with van der Waals surface area (Å²) in [7, 11) is 0. The Hall–Kier alpha value is -4.41. The highest BCUT2D eigenvalue weighted by Gasteiger charge is 2.43. The molecule has 0 unspecified atom stereocenters. The van der Waals surface area contributed by atoms with E-state index in [0.29, 0.717) is 16.5 Å². The largest absolute Gasteiger partial charge is 0.412 e. The molecule has 0 saturated heterocycles. The summed E-state index contributed by atoms with van der Waals surface area (Å²) in [6.07, 6.45) is -0.833. The number of fused-ring (bicyclic) bond motifs is 2. The number of nitrogens with zero attached hydrogens (tertiary/aromatic N) is 4. The highest BCUT2D eigenvalue weighted by atomic mass is 19.4. The van der Waals surface area contributed by atoms with Gasteiger partial charge in [-0.25, -0.2) is 19.3 Å². The first-order chi connectivity index (χ1) is 17.1. The molecule has 182 valence electrons. The first-order valence-corrected chi connectivity index (χ1v) is 10.8. The maximum absolute atomic E-state index is 14.6. The number of H-pyrrole nitrogens is 1. The van der Waals surface area contributed by atoms with Crippen LogP contribution in [0.4, 0.5) is 23.4 Å². The van der Waals surface area contributed by atoms with Gasteiger partial charge in [0.05, 0.1) is 22.3 Å². The van der Waals surface area contributed by atoms with Crippen molar-refractivity contribution in [3.63, 3.8) is 0 Å². The minimum absolute atomic E-state index is 0.0720. The average Bonchev–Trinajstić information content (AvgIpc) is 2.85. The Morgan fingerprint density at radius 3 is 2.61 bits per heavy atom. The molecule has 5 rings (SSSR count). The predicted octanol–water partition coefficient (Wildman–Crippen LogP) is 5.40. The molecular weight excluding hydrogens is 476 g/mol. The van der Waals surface area contributed by atoms with Crippen molar-refractivity contribution in [2.75, 3.05) is 5.32 Å². The van der Waals surface area contributed by atoms with Gasteiger partial charge in [0.2, 0.25) is 0 Å². The van der Waals surface area contributed by atoms with Crippen LogP contribution < -0.4 is 10.9 Å². The molecule has 4 aromatic heterocycles. The Morgan fingerprint density at radius 2 is 1.83 bits per heavy atom. The van der Waals surface area contributed by atoms with E-state index in [1.165, 1.54) is 43.6 Å². The third-order valence-electron chi connectivity index (χ3n) is 5.82. The normalized spacial score (nSPS) is 12.7. The number of rotatable bonds is 4. The van der Waals surface area contributed by atoms with E-state index in [9.17, 15) is 22.4 Å². The minimum Gasteiger partial charge on any atom is -0.353 e. The summed E-state index contributed by atoms with van der Waals surface area (Å²) < 4.78 is 58.1. The van der Waals surface area contributed by atoms with Crippen LogP contribution in [0.25, 0.3) is 33.2 Å². The maximum atomic E-state index is 14.6. The molecule has 0 aliphatic heterocycles. The summed E-state index contributed by atoms with van der Waals surface area (Å²) in [5.41, 5.74) is 0.189. The van der Waals surface area contributed by atoms with E-state index in [1.807, 2.05) is 0 Å². The summed E-state index contributed by atoms with van der Waals surface area (Å²) in [5.74, 6) is -0.696. The first-order valence-electron chi connectivity index (χ1n) is 10.8. The SMILES string of the molecule is Cc1c[nH]c(=O)c(-c2nc3c(C)c(F)ccc3cc2[C@@H](Nc2ncnc3cccnc23)C(F)(F)F)c1. The molecule has 0 spiro atoms. The van der Waals surface area contributed by atoms with E-state index >= 15 is 0 Å². The number of nitrogens with one attached hydrogen (secondary N) is 2. The fourth-order valence-corrected chi connectivity index (χ4v) is 4.05. The fraction of sp³-hybridized carbons (Fsp3) is 0.160. The Labute approximate surface area is 201 Å². The predicted molar refractivity (Wildman–Crippen MR) is 127 cm³/mol. The van der Waals surface area contributed by atoms with Crippen molar-refractivity contribution in [3.05, 3.63) is 88.0 Å². The third-order valence-corrected chi connectivity index (χ3v) is 5.82. The van der Waals surface area contributed by atoms with E-state index in [4.69, 9.17) is 0 Å². The number of benzene rings is 1. The standard InChI is InChI=1S/C25H18F4N6O/c1-12-8-16(24(36)31-10-12)20-15(9-14-5-6-17(26)13(2)19(14)34-20)22(25(27,28)29)35-23-21-18(32-11-33-23)4-3-7-30-21/h3-11,22H,1-2H3,(H,31,36)(H,32,33,35)/t22-/m1/s1. The van der Waals surface area contributed by atoms with Gasteiger partial charge < -0.3 is 10.3 Å². The molecule has 5 aromatic rings. The van der Waals surface area contributed by atoms with Gasteiger partial charge in [0.25, 0.3) is 5.56 Å². The second kappa shape index (κ2) is 8.67. The fourth-order valence-electron chi connectivity index (χ4n) is 4.05. The van der Waals surface area contributed by atoms with E-state index in [0.717, 1.165) is 6.33 Å². The molecule has 4 heterocycles. The Morgan fingerprint density at radius 1 is 1.03 bits per heavy atom. The lowest BCUT2D eigenvalue weighted by atomic mass is 9.96. The summed E-state index contributed by atoms with van der Waals surface area (Å²) in [6, 6.07) is 6.12. The number of anilines is 1. The van der Waals surface area contributed by atoms with Gasteiger partial charge in [0.15, 0.2) is 11.9 Å². The van der Waals surface area contributed by atoms with Gasteiger partial charge in [-0.05, 0) is 55.8 Å². The van der Waals surface area contributed by atoms with Crippen LogP contribution in [0.3, 0.4) is 0 Å². The number of aryl methyl sites for hydroxylation is 2. The van der Waals surface area contributed by atoms with Crippen molar-refractivity contribution in [1.29, 1.82) is 0 Å². The molecule has 0 radical (unpaired) electrons. The smallest absolute Gasteiger partial charge is 0.353 e. The van der Waals surface area contributed by atoms with Crippen molar-refractivity contribution in [2.24, 2.45) is 0 Å². The van der Waals surface area contributed by atoms with Gasteiger partial charge in [0.1, 0.15) is 17.7 Å². The molecule has 0 amide bonds. The second-order valence-corrected chi connectivity index (χ2v) is 8.30. The van der Waals surface area contributed by atoms with Crippen LogP contribution in [0.2, 0.25) is 0 Å². The van der Waals surface area contributed by atoms with Crippen LogP contribution >= 0.6 is 0 Å². The Kier molecular flexibility index (Phi) is 5.62. The first kappa shape index (κ1) is 23.3. The summed E-state index contributed by atoms with van der Waals surface area (Å²) in [6.45, 7) is 3.16. The molecule has 1 atom stereocenters. The number of aromatic nitrogens is 5. The van der Waals surface area contributed by atoms with Crippen molar-refractivity contribution < 1.29 is 17.6 Å². The van der Waals surface area contributed by atoms with Gasteiger partial charge >= 0.3 is 6.18 Å². The average molecular weight is 494 g/mol. The number of halogens is 4. The molecule has 1 aromatic carbocycles. The number of hydrogen-bond donors (Lipinski definition) is 2. The van der Waals surface area contributed by atoms with E-state index in [1.54, 1.807) is 19.1 Å². The zero-order valence-electron chi connectivity index (χ0n) is 19.0. The quantitative estimate of drug-likeness (QED) is 0.325. The van der Waals surface area contributed by atoms with Gasteiger partial charge in [-0.1, -0.05) is 0 Å². The molecule has 11 heteroatoms. The lowest BCUT2D eigenvalue weighted by molar-refractivity contribution is -0.143. The molecule has 0 saturated carbocycles. The van der Waals surface area contributed by atoms with Crippen LogP contribution in [0, 0.1) is 19.7 Å². The van der Waals surface area contributed by atoms with Crippen molar-refractivity contribution >= 4 is 27.8 Å². The Bertz CT molecular complexity index is 1680. The van der Waals surface area contributed by atoms with Gasteiger partial charge in [-0.3, -0.25) is 9.78 Å². The van der Waals surface area contributed by atoms with Crippen LogP contribution in [-0.2, 0) is 0 Å². The van der Waals surface area contributed by atoms with Gasteiger partial charge in [-0.2, -0.15) is 13.2 Å². The number of aromatic amines is 1. The van der Waals surface area contributed by atoms with Crippen molar-refractivity contribution in [1.82, 2.24) is 24.9 Å². The third kappa shape index (κ3) is 4.12. The second-order valence-electron chi connectivity index (χ2n) is 8.30. The van der Waals surface area contributed by atoms with Crippen molar-refractivity contribution in [2.45, 2.75) is 26.1 Å². The van der Waals surface area contributed by atoms with E-state index in [-0.39, 0.29) is 39.2 Å². The van der Waals surface area contributed by atoms with Crippen LogP contribution in [-0.4, -0.2) is 31.1 Å². The number of pyridine rings is 3. The van der Waals surface area contributed by atoms with E-state index in [2.05, 4.69) is 30.2 Å². The number of hydrogen-bond acceptors (Lipinski definition) is 6. The highest BCUT2D eigenvalue weighted by molar-refractivity contribution is 5.87. The highest BCUT2D eigenvalue weighted by Crippen LogP contribution is 2.41. The van der Waals surface area contributed by atoms with Gasteiger partial charge in [0, 0.05) is 28.9 Å². The molecule has 7 nitrogen and oxygen atoms in total. The van der Waals surface area contributed by atoms with Gasteiger partial charge in [-0.15, -0.1) is 0 Å².